The first-order chi connectivity index (χ1) is 10.4. The van der Waals surface area contributed by atoms with Gasteiger partial charge in [-0.1, -0.05) is 6.07 Å². The molecular weight excluding hydrogens is 288 g/mol. The lowest BCUT2D eigenvalue weighted by atomic mass is 9.93. The third-order valence-corrected chi connectivity index (χ3v) is 4.15. The van der Waals surface area contributed by atoms with Crippen LogP contribution in [0.15, 0.2) is 24.4 Å². The number of rotatable bonds is 3. The summed E-state index contributed by atoms with van der Waals surface area (Å²) >= 11 is 0. The Kier molecular flexibility index (Phi) is 3.42. The Balaban J connectivity index is 2.05. The van der Waals surface area contributed by atoms with Gasteiger partial charge in [0, 0.05) is 13.2 Å². The second-order valence-corrected chi connectivity index (χ2v) is 5.42. The fourth-order valence-electron chi connectivity index (χ4n) is 2.90. The van der Waals surface area contributed by atoms with Crippen molar-refractivity contribution in [3.8, 4) is 0 Å². The maximum absolute atomic E-state index is 12.4. The van der Waals surface area contributed by atoms with Gasteiger partial charge in [-0.2, -0.15) is 5.06 Å². The summed E-state index contributed by atoms with van der Waals surface area (Å²) in [6.07, 6.45) is 0.645. The number of carbonyl (C=O) groups excluding carboxylic acids is 3. The number of hydrogen-bond donors (Lipinski definition) is 1. The summed E-state index contributed by atoms with van der Waals surface area (Å²) in [7, 11) is 1.42. The number of carbonyl (C=O) groups is 3. The van der Waals surface area contributed by atoms with Crippen LogP contribution in [0.1, 0.15) is 18.7 Å². The van der Waals surface area contributed by atoms with E-state index < -0.39 is 35.9 Å². The van der Waals surface area contributed by atoms with Crippen molar-refractivity contribution in [3.63, 3.8) is 0 Å². The molecule has 3 rings (SSSR count). The summed E-state index contributed by atoms with van der Waals surface area (Å²) in [5.41, 5.74) is 5.90. The van der Waals surface area contributed by atoms with Gasteiger partial charge < -0.3 is 5.73 Å². The highest BCUT2D eigenvalue weighted by atomic mass is 16.7. The lowest BCUT2D eigenvalue weighted by Gasteiger charge is -2.28. The van der Waals surface area contributed by atoms with Crippen molar-refractivity contribution in [2.75, 3.05) is 7.05 Å². The molecule has 8 heteroatoms. The van der Waals surface area contributed by atoms with Crippen LogP contribution in [0, 0.1) is 5.92 Å². The van der Waals surface area contributed by atoms with E-state index in [1.54, 1.807) is 31.3 Å². The fraction of sp³-hybridized carbons (Fsp3) is 0.429. The van der Waals surface area contributed by atoms with E-state index in [2.05, 4.69) is 4.98 Å². The zero-order valence-electron chi connectivity index (χ0n) is 12.2. The van der Waals surface area contributed by atoms with Crippen molar-refractivity contribution in [1.29, 1.82) is 0 Å². The van der Waals surface area contributed by atoms with E-state index in [0.29, 0.717) is 5.69 Å². The first-order valence-electron chi connectivity index (χ1n) is 6.90. The molecule has 0 aromatic carbocycles. The first-order valence-corrected chi connectivity index (χ1v) is 6.90. The smallest absolute Gasteiger partial charge is 0.261 e. The van der Waals surface area contributed by atoms with Gasteiger partial charge in [-0.3, -0.25) is 29.1 Å². The molecule has 2 N–H and O–H groups in total. The molecule has 0 aliphatic carbocycles. The number of primary amides is 1. The third-order valence-electron chi connectivity index (χ3n) is 4.15. The van der Waals surface area contributed by atoms with Gasteiger partial charge in [0.15, 0.2) is 6.10 Å². The SMILES string of the molecule is CC(C(N)=O)N1OC2C(=O)N(C)C(=O)C2C1c1ccccn1. The van der Waals surface area contributed by atoms with Gasteiger partial charge in [0.05, 0.1) is 17.7 Å². The molecule has 2 aliphatic rings. The Morgan fingerprint density at radius 3 is 2.68 bits per heavy atom. The Hall–Kier alpha value is -2.32. The molecule has 0 bridgehead atoms. The lowest BCUT2D eigenvalue weighted by Crippen LogP contribution is -2.44. The van der Waals surface area contributed by atoms with Gasteiger partial charge in [0.25, 0.3) is 5.91 Å². The highest BCUT2D eigenvalue weighted by Gasteiger charge is 2.60. The van der Waals surface area contributed by atoms with Crippen LogP contribution in [0.5, 0.6) is 0 Å². The van der Waals surface area contributed by atoms with Gasteiger partial charge in [-0.15, -0.1) is 0 Å². The summed E-state index contributed by atoms with van der Waals surface area (Å²) in [4.78, 5) is 46.9. The van der Waals surface area contributed by atoms with E-state index in [0.717, 1.165) is 4.90 Å². The molecule has 0 saturated carbocycles. The normalized spacial score (nSPS) is 29.7. The number of hydroxylamine groups is 2. The number of fused-ring (bicyclic) bond motifs is 1. The topological polar surface area (TPSA) is 106 Å². The standard InChI is InChI=1S/C14H16N4O4/c1-7(12(15)19)18-10(8-5-3-4-6-16-8)9-11(22-18)14(21)17(2)13(9)20/h3-7,9-11H,1-2H3,(H2,15,19). The molecule has 2 saturated heterocycles. The highest BCUT2D eigenvalue weighted by Crippen LogP contribution is 2.44. The van der Waals surface area contributed by atoms with E-state index in [1.807, 2.05) is 0 Å². The molecule has 0 radical (unpaired) electrons. The molecular formula is C14H16N4O4. The molecule has 4 atom stereocenters. The molecule has 8 nitrogen and oxygen atoms in total. The molecule has 0 spiro atoms. The van der Waals surface area contributed by atoms with E-state index in [-0.39, 0.29) is 5.91 Å². The third kappa shape index (κ3) is 1.99. The van der Waals surface area contributed by atoms with Crippen molar-refractivity contribution < 1.29 is 19.2 Å². The number of likely N-dealkylation sites (tertiary alicyclic amines) is 1. The van der Waals surface area contributed by atoms with Crippen molar-refractivity contribution >= 4 is 17.7 Å². The summed E-state index contributed by atoms with van der Waals surface area (Å²) in [5.74, 6) is -2.09. The van der Waals surface area contributed by atoms with Gasteiger partial charge in [0.2, 0.25) is 11.8 Å². The summed E-state index contributed by atoms with van der Waals surface area (Å²) < 4.78 is 0. The van der Waals surface area contributed by atoms with Crippen LogP contribution in [-0.4, -0.2) is 51.9 Å². The van der Waals surface area contributed by atoms with Crippen molar-refractivity contribution in [3.05, 3.63) is 30.1 Å². The molecule has 22 heavy (non-hydrogen) atoms. The largest absolute Gasteiger partial charge is 0.368 e. The number of pyridine rings is 1. The van der Waals surface area contributed by atoms with Crippen LogP contribution in [0.4, 0.5) is 0 Å². The zero-order chi connectivity index (χ0) is 16.0. The van der Waals surface area contributed by atoms with E-state index in [9.17, 15) is 14.4 Å². The van der Waals surface area contributed by atoms with Gasteiger partial charge in [-0.25, -0.2) is 0 Å². The molecule has 3 heterocycles. The van der Waals surface area contributed by atoms with Crippen LogP contribution in [0.2, 0.25) is 0 Å². The lowest BCUT2D eigenvalue weighted by molar-refractivity contribution is -0.196. The van der Waals surface area contributed by atoms with Crippen molar-refractivity contribution in [2.45, 2.75) is 25.1 Å². The number of amides is 3. The second kappa shape index (κ2) is 5.15. The minimum Gasteiger partial charge on any atom is -0.368 e. The monoisotopic (exact) mass is 304 g/mol. The average Bonchev–Trinajstić information content (AvgIpc) is 3.00. The Bertz CT molecular complexity index is 635. The Morgan fingerprint density at radius 1 is 1.36 bits per heavy atom. The molecule has 3 amide bonds. The maximum Gasteiger partial charge on any atom is 0.261 e. The molecule has 1 aromatic rings. The first kappa shape index (κ1) is 14.6. The highest BCUT2D eigenvalue weighted by molar-refractivity contribution is 6.07. The van der Waals surface area contributed by atoms with E-state index in [1.165, 1.54) is 12.1 Å². The molecule has 4 unspecified atom stereocenters. The average molecular weight is 304 g/mol. The zero-order valence-corrected chi connectivity index (χ0v) is 12.2. The number of aromatic nitrogens is 1. The second-order valence-electron chi connectivity index (χ2n) is 5.42. The predicted molar refractivity (Wildman–Crippen MR) is 73.6 cm³/mol. The van der Waals surface area contributed by atoms with Crippen molar-refractivity contribution in [1.82, 2.24) is 14.9 Å². The molecule has 2 aliphatic heterocycles. The Labute approximate surface area is 126 Å². The summed E-state index contributed by atoms with van der Waals surface area (Å²) in [5, 5.41) is 1.32. The van der Waals surface area contributed by atoms with Gasteiger partial charge in [-0.05, 0) is 19.1 Å². The van der Waals surface area contributed by atoms with Crippen LogP contribution in [0.3, 0.4) is 0 Å². The summed E-state index contributed by atoms with van der Waals surface area (Å²) in [6.45, 7) is 1.57. The van der Waals surface area contributed by atoms with Crippen LogP contribution >= 0.6 is 0 Å². The predicted octanol–water partition coefficient (Wildman–Crippen LogP) is -0.773. The number of imide groups is 1. The number of hydrogen-bond acceptors (Lipinski definition) is 6. The summed E-state index contributed by atoms with van der Waals surface area (Å²) in [6, 6.07) is 3.83. The van der Waals surface area contributed by atoms with Gasteiger partial charge >= 0.3 is 0 Å². The maximum atomic E-state index is 12.4. The number of nitrogens with two attached hydrogens (primary N) is 1. The molecule has 116 valence electrons. The Morgan fingerprint density at radius 2 is 2.09 bits per heavy atom. The number of nitrogens with zero attached hydrogens (tertiary/aromatic N) is 3. The molecule has 2 fully saturated rings. The van der Waals surface area contributed by atoms with E-state index in [4.69, 9.17) is 10.6 Å². The minimum atomic E-state index is -0.939. The minimum absolute atomic E-state index is 0.343. The van der Waals surface area contributed by atoms with Crippen LogP contribution < -0.4 is 5.73 Å². The van der Waals surface area contributed by atoms with Crippen molar-refractivity contribution in [2.24, 2.45) is 11.7 Å². The molecule has 1 aromatic heterocycles. The van der Waals surface area contributed by atoms with E-state index >= 15 is 0 Å². The number of likely N-dealkylation sites (N-methyl/N-ethyl adjacent to an activating group) is 1. The van der Waals surface area contributed by atoms with Crippen LogP contribution in [0.25, 0.3) is 0 Å². The quantitative estimate of drug-likeness (QED) is 0.735. The van der Waals surface area contributed by atoms with Gasteiger partial charge in [0.1, 0.15) is 6.04 Å². The fourth-order valence-corrected chi connectivity index (χ4v) is 2.90. The van der Waals surface area contributed by atoms with Crippen LogP contribution in [-0.2, 0) is 19.2 Å².